The van der Waals surface area contributed by atoms with Crippen LogP contribution in [0.5, 0.6) is 0 Å². The average molecular weight is 152 g/mol. The molecule has 0 atom stereocenters. The van der Waals surface area contributed by atoms with Gasteiger partial charge >= 0.3 is 31.7 Å². The summed E-state index contributed by atoms with van der Waals surface area (Å²) in [5.74, 6) is -0.981. The van der Waals surface area contributed by atoms with Crippen molar-refractivity contribution in [3.63, 3.8) is 0 Å². The van der Waals surface area contributed by atoms with E-state index < -0.39 is 25.1 Å². The van der Waals surface area contributed by atoms with Gasteiger partial charge in [0.05, 0.1) is 0 Å². The monoisotopic (exact) mass is 152 g/mol. The van der Waals surface area contributed by atoms with Crippen molar-refractivity contribution in [2.24, 2.45) is 0 Å². The van der Waals surface area contributed by atoms with Crippen molar-refractivity contribution in [3.8, 4) is 0 Å². The van der Waals surface area contributed by atoms with E-state index in [0.29, 0.717) is 0 Å². The van der Waals surface area contributed by atoms with Crippen LogP contribution in [0.25, 0.3) is 0 Å². The van der Waals surface area contributed by atoms with Crippen LogP contribution < -0.4 is 0 Å². The molecule has 0 radical (unpaired) electrons. The maximum atomic E-state index is 9.25. The molecule has 8 heavy (non-hydrogen) atoms. The second kappa shape index (κ2) is 9.73. The minimum atomic E-state index is -2.00. The molecule has 5 heteroatoms. The van der Waals surface area contributed by atoms with Crippen molar-refractivity contribution in [2.75, 3.05) is 0 Å². The Labute approximate surface area is 54.8 Å². The Hall–Kier alpha value is -0.476. The Kier molecular flexibility index (Phi) is 12.8. The van der Waals surface area contributed by atoms with Crippen LogP contribution in [0.2, 0.25) is 0 Å². The van der Waals surface area contributed by atoms with E-state index in [0.717, 1.165) is 6.08 Å². The zero-order valence-corrected chi connectivity index (χ0v) is 5.52. The summed E-state index contributed by atoms with van der Waals surface area (Å²) >= 11 is -2.00. The molecule has 0 bridgehead atoms. The number of hydrogen-bond donors (Lipinski definition) is 1. The van der Waals surface area contributed by atoms with Crippen LogP contribution in [-0.2, 0) is 30.5 Å². The molecule has 0 aromatic rings. The number of aliphatic carboxylic acids is 1. The standard InChI is InChI=1S/C3H4O2.2O.Ti/c1-2-3(4)5;;;/h2H,1H2,(H,4,5);;;. The fourth-order valence-electron chi connectivity index (χ4n) is 0. The van der Waals surface area contributed by atoms with Crippen LogP contribution >= 0.6 is 0 Å². The molecule has 0 heterocycles. The van der Waals surface area contributed by atoms with Gasteiger partial charge in [-0.15, -0.1) is 0 Å². The first-order valence-electron chi connectivity index (χ1n) is 1.53. The van der Waals surface area contributed by atoms with Crippen LogP contribution in [-0.4, -0.2) is 11.1 Å². The molecule has 0 aromatic carbocycles. The molecule has 4 nitrogen and oxygen atoms in total. The van der Waals surface area contributed by atoms with Gasteiger partial charge in [0, 0.05) is 6.08 Å². The number of carboxylic acid groups (broad SMARTS) is 1. The Morgan fingerprint density at radius 3 is 1.75 bits per heavy atom. The molecular formula is C3H4O4Ti. The summed E-state index contributed by atoms with van der Waals surface area (Å²) in [6.45, 7) is 2.96. The number of hydrogen-bond acceptors (Lipinski definition) is 3. The quantitative estimate of drug-likeness (QED) is 0.424. The van der Waals surface area contributed by atoms with Crippen LogP contribution in [0.15, 0.2) is 12.7 Å². The van der Waals surface area contributed by atoms with E-state index >= 15 is 0 Å². The zero-order chi connectivity index (χ0) is 6.99. The third-order valence-corrected chi connectivity index (χ3v) is 0.175. The second-order valence-electron chi connectivity index (χ2n) is 0.626. The normalized spacial score (nSPS) is 5.00. The maximum absolute atomic E-state index is 9.25. The SMILES string of the molecule is C=CC(=O)O.[O]=[Ti]=[O]. The van der Waals surface area contributed by atoms with Gasteiger partial charge in [-0.2, -0.15) is 0 Å². The van der Waals surface area contributed by atoms with Crippen molar-refractivity contribution in [1.82, 2.24) is 0 Å². The van der Waals surface area contributed by atoms with E-state index in [2.05, 4.69) is 6.58 Å². The van der Waals surface area contributed by atoms with Gasteiger partial charge in [-0.25, -0.2) is 4.79 Å². The van der Waals surface area contributed by atoms with Crippen molar-refractivity contribution in [2.45, 2.75) is 0 Å². The predicted molar refractivity (Wildman–Crippen MR) is 19.2 cm³/mol. The zero-order valence-electron chi connectivity index (χ0n) is 3.96. The molecule has 0 aromatic heterocycles. The van der Waals surface area contributed by atoms with Gasteiger partial charge in [-0.05, 0) is 0 Å². The molecule has 0 fully saturated rings. The van der Waals surface area contributed by atoms with E-state index in [1.807, 2.05) is 0 Å². The van der Waals surface area contributed by atoms with Gasteiger partial charge in [0.25, 0.3) is 0 Å². The van der Waals surface area contributed by atoms with Crippen molar-refractivity contribution in [3.05, 3.63) is 12.7 Å². The van der Waals surface area contributed by atoms with Gasteiger partial charge in [0.1, 0.15) is 0 Å². The van der Waals surface area contributed by atoms with Gasteiger partial charge in [-0.3, -0.25) is 0 Å². The Bertz CT molecular complexity index is 112. The minimum absolute atomic E-state index is 0.833. The molecule has 0 unspecified atom stereocenters. The summed E-state index contributed by atoms with van der Waals surface area (Å²) in [4.78, 5) is 9.25. The van der Waals surface area contributed by atoms with Crippen LogP contribution in [0.1, 0.15) is 0 Å². The van der Waals surface area contributed by atoms with Gasteiger partial charge in [-0.1, -0.05) is 6.58 Å². The molecule has 0 aliphatic heterocycles. The van der Waals surface area contributed by atoms with Crippen LogP contribution in [0, 0.1) is 0 Å². The van der Waals surface area contributed by atoms with Gasteiger partial charge < -0.3 is 5.11 Å². The summed E-state index contributed by atoms with van der Waals surface area (Å²) in [6, 6.07) is 0. The molecule has 0 rings (SSSR count). The predicted octanol–water partition coefficient (Wildman–Crippen LogP) is 0.0169. The van der Waals surface area contributed by atoms with Crippen LogP contribution in [0.4, 0.5) is 0 Å². The van der Waals surface area contributed by atoms with Gasteiger partial charge in [0.2, 0.25) is 0 Å². The number of carbonyl (C=O) groups is 1. The van der Waals surface area contributed by atoms with Crippen molar-refractivity contribution >= 4 is 5.97 Å². The third kappa shape index (κ3) is 48.7. The second-order valence-corrected chi connectivity index (χ2v) is 0.886. The number of rotatable bonds is 1. The first-order chi connectivity index (χ1) is 3.68. The van der Waals surface area contributed by atoms with E-state index in [-0.39, 0.29) is 0 Å². The van der Waals surface area contributed by atoms with Crippen molar-refractivity contribution < 1.29 is 35.6 Å². The fraction of sp³-hybridized carbons (Fsp3) is 0. The summed E-state index contributed by atoms with van der Waals surface area (Å²) < 4.78 is 17.0. The molecule has 0 spiro atoms. The molecule has 0 aliphatic rings. The molecule has 0 saturated heterocycles. The van der Waals surface area contributed by atoms with E-state index in [9.17, 15) is 4.79 Å². The molecular weight excluding hydrogens is 148 g/mol. The Morgan fingerprint density at radius 2 is 1.75 bits per heavy atom. The molecule has 1 N–H and O–H groups in total. The summed E-state index contributed by atoms with van der Waals surface area (Å²) in [5.41, 5.74) is 0. The first-order valence-corrected chi connectivity index (χ1v) is 2.81. The number of carboxylic acids is 1. The summed E-state index contributed by atoms with van der Waals surface area (Å²) in [5, 5.41) is 7.60. The Morgan fingerprint density at radius 1 is 1.62 bits per heavy atom. The topological polar surface area (TPSA) is 71.4 Å². The van der Waals surface area contributed by atoms with Gasteiger partial charge in [0.15, 0.2) is 0 Å². The average Bonchev–Trinajstić information content (AvgIpc) is 1.69. The Balaban J connectivity index is 0. The van der Waals surface area contributed by atoms with E-state index in [4.69, 9.17) is 11.8 Å². The summed E-state index contributed by atoms with van der Waals surface area (Å²) in [7, 11) is 0. The molecule has 0 aliphatic carbocycles. The first kappa shape index (κ1) is 10.5. The molecule has 0 saturated carbocycles. The summed E-state index contributed by atoms with van der Waals surface area (Å²) in [6.07, 6.45) is 0.833. The fourth-order valence-corrected chi connectivity index (χ4v) is 0. The third-order valence-electron chi connectivity index (χ3n) is 0.175. The molecule has 0 amide bonds. The molecule has 44 valence electrons. The van der Waals surface area contributed by atoms with Crippen molar-refractivity contribution in [1.29, 1.82) is 0 Å². The van der Waals surface area contributed by atoms with E-state index in [1.165, 1.54) is 0 Å². The van der Waals surface area contributed by atoms with Crippen LogP contribution in [0.3, 0.4) is 0 Å². The van der Waals surface area contributed by atoms with E-state index in [1.54, 1.807) is 0 Å².